The summed E-state index contributed by atoms with van der Waals surface area (Å²) < 4.78 is 5.40. The highest BCUT2D eigenvalue weighted by molar-refractivity contribution is 5.94. The third-order valence-corrected chi connectivity index (χ3v) is 3.84. The van der Waals surface area contributed by atoms with Crippen LogP contribution in [-0.2, 0) is 11.2 Å². The molecule has 0 heterocycles. The molecule has 0 aliphatic heterocycles. The molecule has 2 aromatic carbocycles. The standard InChI is InChI=1S/C20H24N2O3/c1-2-25-18-10-8-17(9-11-18)20(24)22(15-13-19(21)23)14-12-16-6-4-3-5-7-16/h3-11H,2,12-15H2,1H3,(H2,21,23). The van der Waals surface area contributed by atoms with Gasteiger partial charge < -0.3 is 15.4 Å². The normalized spacial score (nSPS) is 10.3. The van der Waals surface area contributed by atoms with Gasteiger partial charge in [0.05, 0.1) is 6.61 Å². The number of benzene rings is 2. The van der Waals surface area contributed by atoms with Crippen LogP contribution in [0.15, 0.2) is 54.6 Å². The molecule has 2 rings (SSSR count). The largest absolute Gasteiger partial charge is 0.494 e. The molecule has 5 nitrogen and oxygen atoms in total. The van der Waals surface area contributed by atoms with Crippen LogP contribution in [-0.4, -0.2) is 36.4 Å². The Hall–Kier alpha value is -2.82. The van der Waals surface area contributed by atoms with Crippen molar-refractivity contribution in [1.29, 1.82) is 0 Å². The molecule has 0 saturated heterocycles. The molecule has 0 unspecified atom stereocenters. The van der Waals surface area contributed by atoms with Crippen molar-refractivity contribution < 1.29 is 14.3 Å². The lowest BCUT2D eigenvalue weighted by molar-refractivity contribution is -0.118. The van der Waals surface area contributed by atoms with E-state index in [2.05, 4.69) is 0 Å². The number of amides is 2. The van der Waals surface area contributed by atoms with Gasteiger partial charge in [-0.15, -0.1) is 0 Å². The molecule has 2 aromatic rings. The Labute approximate surface area is 148 Å². The number of ether oxygens (including phenoxy) is 1. The Morgan fingerprint density at radius 1 is 1.00 bits per heavy atom. The molecule has 5 heteroatoms. The Kier molecular flexibility index (Phi) is 7.01. The molecule has 0 fully saturated rings. The van der Waals surface area contributed by atoms with Gasteiger partial charge in [0.25, 0.3) is 5.91 Å². The first-order valence-electron chi connectivity index (χ1n) is 8.44. The summed E-state index contributed by atoms with van der Waals surface area (Å²) in [6.07, 6.45) is 0.875. The van der Waals surface area contributed by atoms with E-state index in [1.807, 2.05) is 37.3 Å². The fourth-order valence-electron chi connectivity index (χ4n) is 2.51. The average molecular weight is 340 g/mol. The number of rotatable bonds is 9. The Morgan fingerprint density at radius 2 is 1.68 bits per heavy atom. The van der Waals surface area contributed by atoms with Crippen molar-refractivity contribution in [2.75, 3.05) is 19.7 Å². The lowest BCUT2D eigenvalue weighted by atomic mass is 10.1. The van der Waals surface area contributed by atoms with Gasteiger partial charge in [0.1, 0.15) is 5.75 Å². The molecule has 0 spiro atoms. The van der Waals surface area contributed by atoms with E-state index in [0.717, 1.165) is 17.7 Å². The zero-order valence-electron chi connectivity index (χ0n) is 14.5. The summed E-state index contributed by atoms with van der Waals surface area (Å²) in [7, 11) is 0. The minimum Gasteiger partial charge on any atom is -0.494 e. The van der Waals surface area contributed by atoms with Crippen LogP contribution < -0.4 is 10.5 Å². The monoisotopic (exact) mass is 340 g/mol. The first kappa shape index (κ1) is 18.5. The molecule has 2 N–H and O–H groups in total. The molecule has 0 aromatic heterocycles. The van der Waals surface area contributed by atoms with Crippen LogP contribution in [0.2, 0.25) is 0 Å². The van der Waals surface area contributed by atoms with Crippen LogP contribution in [0, 0.1) is 0 Å². The lowest BCUT2D eigenvalue weighted by Crippen LogP contribution is -2.35. The molecule has 25 heavy (non-hydrogen) atoms. The van der Waals surface area contributed by atoms with Crippen molar-refractivity contribution in [1.82, 2.24) is 4.90 Å². The quantitative estimate of drug-likeness (QED) is 0.763. The van der Waals surface area contributed by atoms with Crippen LogP contribution in [0.4, 0.5) is 0 Å². The van der Waals surface area contributed by atoms with E-state index in [1.165, 1.54) is 0 Å². The summed E-state index contributed by atoms with van der Waals surface area (Å²) in [5.41, 5.74) is 6.96. The number of nitrogens with zero attached hydrogens (tertiary/aromatic N) is 1. The molecule has 132 valence electrons. The van der Waals surface area contributed by atoms with Gasteiger partial charge in [-0.25, -0.2) is 0 Å². The summed E-state index contributed by atoms with van der Waals surface area (Å²) in [6, 6.07) is 17.0. The maximum absolute atomic E-state index is 12.8. The van der Waals surface area contributed by atoms with Gasteiger partial charge in [-0.3, -0.25) is 9.59 Å². The fraction of sp³-hybridized carbons (Fsp3) is 0.300. The Morgan fingerprint density at radius 3 is 2.28 bits per heavy atom. The Bertz CT molecular complexity index is 684. The highest BCUT2D eigenvalue weighted by atomic mass is 16.5. The molecule has 0 radical (unpaired) electrons. The van der Waals surface area contributed by atoms with Crippen molar-refractivity contribution in [2.45, 2.75) is 19.8 Å². The Balaban J connectivity index is 2.06. The molecule has 0 bridgehead atoms. The number of carbonyl (C=O) groups is 2. The van der Waals surface area contributed by atoms with E-state index in [0.29, 0.717) is 25.3 Å². The van der Waals surface area contributed by atoms with Gasteiger partial charge in [-0.05, 0) is 43.2 Å². The third-order valence-electron chi connectivity index (χ3n) is 3.84. The van der Waals surface area contributed by atoms with Crippen molar-refractivity contribution in [3.63, 3.8) is 0 Å². The second kappa shape index (κ2) is 9.47. The second-order valence-electron chi connectivity index (χ2n) is 5.70. The predicted molar refractivity (Wildman–Crippen MR) is 97.5 cm³/mol. The van der Waals surface area contributed by atoms with Crippen LogP contribution in [0.1, 0.15) is 29.3 Å². The second-order valence-corrected chi connectivity index (χ2v) is 5.70. The first-order chi connectivity index (χ1) is 12.1. The minimum absolute atomic E-state index is 0.111. The van der Waals surface area contributed by atoms with Gasteiger partial charge in [-0.2, -0.15) is 0 Å². The number of hydrogen-bond acceptors (Lipinski definition) is 3. The molecule has 0 atom stereocenters. The van der Waals surface area contributed by atoms with Gasteiger partial charge in [0.15, 0.2) is 0 Å². The molecular weight excluding hydrogens is 316 g/mol. The van der Waals surface area contributed by atoms with Crippen LogP contribution in [0.25, 0.3) is 0 Å². The topological polar surface area (TPSA) is 72.6 Å². The SMILES string of the molecule is CCOc1ccc(C(=O)N(CCC(N)=O)CCc2ccccc2)cc1. The maximum atomic E-state index is 12.8. The highest BCUT2D eigenvalue weighted by Gasteiger charge is 2.16. The van der Waals surface area contributed by atoms with Gasteiger partial charge in [0, 0.05) is 25.1 Å². The van der Waals surface area contributed by atoms with Crippen LogP contribution in [0.5, 0.6) is 5.75 Å². The number of carbonyl (C=O) groups excluding carboxylic acids is 2. The van der Waals surface area contributed by atoms with Gasteiger partial charge in [-0.1, -0.05) is 30.3 Å². The summed E-state index contributed by atoms with van der Waals surface area (Å²) >= 11 is 0. The molecule has 0 saturated carbocycles. The van der Waals surface area contributed by atoms with Crippen LogP contribution >= 0.6 is 0 Å². The maximum Gasteiger partial charge on any atom is 0.253 e. The molecule has 0 aliphatic rings. The van der Waals surface area contributed by atoms with E-state index >= 15 is 0 Å². The van der Waals surface area contributed by atoms with E-state index in [-0.39, 0.29) is 12.3 Å². The minimum atomic E-state index is -0.413. The number of nitrogens with two attached hydrogens (primary N) is 1. The highest BCUT2D eigenvalue weighted by Crippen LogP contribution is 2.14. The molecule has 2 amide bonds. The molecule has 0 aliphatic carbocycles. The smallest absolute Gasteiger partial charge is 0.253 e. The van der Waals surface area contributed by atoms with Gasteiger partial charge >= 0.3 is 0 Å². The van der Waals surface area contributed by atoms with E-state index in [1.54, 1.807) is 29.2 Å². The van der Waals surface area contributed by atoms with Crippen molar-refractivity contribution >= 4 is 11.8 Å². The van der Waals surface area contributed by atoms with E-state index in [4.69, 9.17) is 10.5 Å². The average Bonchev–Trinajstić information content (AvgIpc) is 2.63. The van der Waals surface area contributed by atoms with E-state index in [9.17, 15) is 9.59 Å². The summed E-state index contributed by atoms with van der Waals surface area (Å²) in [4.78, 5) is 25.6. The molecular formula is C20H24N2O3. The third kappa shape index (κ3) is 5.95. The van der Waals surface area contributed by atoms with E-state index < -0.39 is 5.91 Å². The van der Waals surface area contributed by atoms with Crippen molar-refractivity contribution in [3.8, 4) is 5.75 Å². The zero-order chi connectivity index (χ0) is 18.1. The van der Waals surface area contributed by atoms with Crippen molar-refractivity contribution in [2.24, 2.45) is 5.73 Å². The van der Waals surface area contributed by atoms with Gasteiger partial charge in [0.2, 0.25) is 5.91 Å². The first-order valence-corrected chi connectivity index (χ1v) is 8.44. The summed E-state index contributed by atoms with van der Waals surface area (Å²) in [5.74, 6) is 0.205. The lowest BCUT2D eigenvalue weighted by Gasteiger charge is -2.22. The summed E-state index contributed by atoms with van der Waals surface area (Å²) in [6.45, 7) is 3.33. The predicted octanol–water partition coefficient (Wildman–Crippen LogP) is 2.65. The number of primary amides is 1. The van der Waals surface area contributed by atoms with Crippen LogP contribution in [0.3, 0.4) is 0 Å². The van der Waals surface area contributed by atoms with Crippen molar-refractivity contribution in [3.05, 3.63) is 65.7 Å². The number of hydrogen-bond donors (Lipinski definition) is 1. The zero-order valence-corrected chi connectivity index (χ0v) is 14.5. The summed E-state index contributed by atoms with van der Waals surface area (Å²) in [5, 5.41) is 0. The fourth-order valence-corrected chi connectivity index (χ4v) is 2.51.